The Kier molecular flexibility index (Phi) is 4.85. The number of benzene rings is 1. The van der Waals surface area contributed by atoms with Gasteiger partial charge in [-0.25, -0.2) is 0 Å². The van der Waals surface area contributed by atoms with E-state index in [9.17, 15) is 0 Å². The molecule has 0 amide bonds. The van der Waals surface area contributed by atoms with Crippen LogP contribution in [0.5, 0.6) is 0 Å². The van der Waals surface area contributed by atoms with Gasteiger partial charge in [-0.05, 0) is 56.8 Å². The summed E-state index contributed by atoms with van der Waals surface area (Å²) in [5, 5.41) is 4.32. The van der Waals surface area contributed by atoms with Crippen molar-refractivity contribution < 1.29 is 0 Å². The van der Waals surface area contributed by atoms with Gasteiger partial charge >= 0.3 is 0 Å². The number of likely N-dealkylation sites (N-methyl/N-ethyl adjacent to an activating group) is 1. The maximum atomic E-state index is 6.24. The molecule has 0 saturated heterocycles. The summed E-state index contributed by atoms with van der Waals surface area (Å²) >= 11 is 6.24. The molecule has 0 aromatic heterocycles. The first-order valence-electron chi connectivity index (χ1n) is 6.85. The zero-order valence-corrected chi connectivity index (χ0v) is 12.1. The van der Waals surface area contributed by atoms with Crippen molar-refractivity contribution >= 4 is 11.6 Å². The molecule has 0 spiro atoms. The van der Waals surface area contributed by atoms with Gasteiger partial charge in [-0.2, -0.15) is 0 Å². The van der Waals surface area contributed by atoms with Crippen LogP contribution in [-0.2, 0) is 0 Å². The van der Waals surface area contributed by atoms with Crippen molar-refractivity contribution in [3.8, 4) is 0 Å². The highest BCUT2D eigenvalue weighted by Gasteiger charge is 2.18. The number of nitrogens with one attached hydrogen (secondary N) is 1. The molecular weight excluding hydrogens is 242 g/mol. The molecule has 1 atom stereocenters. The molecule has 0 aliphatic heterocycles. The van der Waals surface area contributed by atoms with Crippen molar-refractivity contribution in [3.05, 3.63) is 46.0 Å². The Morgan fingerprint density at radius 1 is 1.22 bits per heavy atom. The molecule has 1 N–H and O–H groups in total. The maximum absolute atomic E-state index is 6.24. The fourth-order valence-electron chi connectivity index (χ4n) is 2.78. The molecule has 1 unspecified atom stereocenters. The van der Waals surface area contributed by atoms with Crippen LogP contribution in [0.1, 0.15) is 49.3 Å². The van der Waals surface area contributed by atoms with Gasteiger partial charge in [-0.3, -0.25) is 0 Å². The lowest BCUT2D eigenvalue weighted by Gasteiger charge is -2.22. The van der Waals surface area contributed by atoms with Crippen LogP contribution in [0.15, 0.2) is 29.8 Å². The van der Waals surface area contributed by atoms with E-state index in [2.05, 4.69) is 24.4 Å². The predicted octanol–water partition coefficient (Wildman–Crippen LogP) is 4.80. The molecule has 0 saturated carbocycles. The van der Waals surface area contributed by atoms with E-state index in [1.54, 1.807) is 0 Å². The standard InChI is InChI=1S/C16H22ClN/c1-12-14(10-7-11-15(12)17)16(18-2)13-8-5-3-4-6-9-13/h7-8,10-11,16,18H,3-6,9H2,1-2H3. The molecule has 0 fully saturated rings. The van der Waals surface area contributed by atoms with Gasteiger partial charge in [0.2, 0.25) is 0 Å². The number of halogens is 1. The summed E-state index contributed by atoms with van der Waals surface area (Å²) in [5.74, 6) is 0. The highest BCUT2D eigenvalue weighted by atomic mass is 35.5. The third-order valence-electron chi connectivity index (χ3n) is 3.86. The molecule has 98 valence electrons. The first-order valence-corrected chi connectivity index (χ1v) is 7.23. The Labute approximate surface area is 115 Å². The number of allylic oxidation sites excluding steroid dienone is 1. The summed E-state index contributed by atoms with van der Waals surface area (Å²) in [4.78, 5) is 0. The van der Waals surface area contributed by atoms with Gasteiger partial charge in [0.1, 0.15) is 0 Å². The van der Waals surface area contributed by atoms with Gasteiger partial charge in [0, 0.05) is 5.02 Å². The summed E-state index contributed by atoms with van der Waals surface area (Å²) in [6, 6.07) is 6.52. The summed E-state index contributed by atoms with van der Waals surface area (Å²) in [6.45, 7) is 2.11. The van der Waals surface area contributed by atoms with E-state index in [0.717, 1.165) is 5.02 Å². The third-order valence-corrected chi connectivity index (χ3v) is 4.27. The minimum absolute atomic E-state index is 0.321. The van der Waals surface area contributed by atoms with Crippen molar-refractivity contribution in [1.29, 1.82) is 0 Å². The van der Waals surface area contributed by atoms with E-state index < -0.39 is 0 Å². The molecule has 2 rings (SSSR count). The van der Waals surface area contributed by atoms with E-state index in [4.69, 9.17) is 11.6 Å². The van der Waals surface area contributed by atoms with Gasteiger partial charge < -0.3 is 5.32 Å². The molecule has 18 heavy (non-hydrogen) atoms. The lowest BCUT2D eigenvalue weighted by molar-refractivity contribution is 0.626. The Bertz CT molecular complexity index is 437. The van der Waals surface area contributed by atoms with E-state index in [0.29, 0.717) is 6.04 Å². The molecule has 1 aromatic rings. The number of hydrogen-bond donors (Lipinski definition) is 1. The first kappa shape index (κ1) is 13.6. The summed E-state index contributed by atoms with van der Waals surface area (Å²) < 4.78 is 0. The van der Waals surface area contributed by atoms with Crippen LogP contribution in [0.4, 0.5) is 0 Å². The summed E-state index contributed by atoms with van der Waals surface area (Å²) in [6.07, 6.45) is 8.84. The zero-order chi connectivity index (χ0) is 13.0. The van der Waals surface area contributed by atoms with Crippen LogP contribution in [0.2, 0.25) is 5.02 Å². The van der Waals surface area contributed by atoms with Crippen LogP contribution in [0.3, 0.4) is 0 Å². The van der Waals surface area contributed by atoms with E-state index in [-0.39, 0.29) is 0 Å². The molecule has 1 aliphatic carbocycles. The third kappa shape index (κ3) is 2.96. The molecular formula is C16H22ClN. The molecule has 0 radical (unpaired) electrons. The molecule has 0 heterocycles. The lowest BCUT2D eigenvalue weighted by Crippen LogP contribution is -2.19. The molecule has 1 aromatic carbocycles. The molecule has 1 aliphatic rings. The van der Waals surface area contributed by atoms with Crippen LogP contribution in [-0.4, -0.2) is 7.05 Å². The van der Waals surface area contributed by atoms with Crippen LogP contribution in [0.25, 0.3) is 0 Å². The van der Waals surface area contributed by atoms with Gasteiger partial charge in [0.05, 0.1) is 6.04 Å². The second kappa shape index (κ2) is 6.40. The second-order valence-corrected chi connectivity index (χ2v) is 5.46. The van der Waals surface area contributed by atoms with Gasteiger partial charge in [-0.15, -0.1) is 0 Å². The van der Waals surface area contributed by atoms with Gasteiger partial charge in [-0.1, -0.05) is 41.8 Å². The monoisotopic (exact) mass is 263 g/mol. The largest absolute Gasteiger partial charge is 0.310 e. The normalized spacial score (nSPS) is 18.1. The van der Waals surface area contributed by atoms with Crippen molar-refractivity contribution in [1.82, 2.24) is 5.32 Å². The Morgan fingerprint density at radius 3 is 2.83 bits per heavy atom. The van der Waals surface area contributed by atoms with Crippen molar-refractivity contribution in [3.63, 3.8) is 0 Å². The van der Waals surface area contributed by atoms with Gasteiger partial charge in [0.25, 0.3) is 0 Å². The molecule has 0 bridgehead atoms. The fourth-order valence-corrected chi connectivity index (χ4v) is 2.96. The number of hydrogen-bond acceptors (Lipinski definition) is 1. The molecule has 2 heteroatoms. The smallest absolute Gasteiger partial charge is 0.0536 e. The SMILES string of the molecule is CNC(C1=CCCCCC1)c1cccc(Cl)c1C. The first-order chi connectivity index (χ1) is 8.74. The summed E-state index contributed by atoms with van der Waals surface area (Å²) in [7, 11) is 2.04. The van der Waals surface area contributed by atoms with Crippen molar-refractivity contribution in [2.75, 3.05) is 7.05 Å². The summed E-state index contributed by atoms with van der Waals surface area (Å²) in [5.41, 5.74) is 4.04. The topological polar surface area (TPSA) is 12.0 Å². The quantitative estimate of drug-likeness (QED) is 0.773. The predicted molar refractivity (Wildman–Crippen MR) is 79.2 cm³/mol. The highest BCUT2D eigenvalue weighted by Crippen LogP contribution is 2.32. The average molecular weight is 264 g/mol. The highest BCUT2D eigenvalue weighted by molar-refractivity contribution is 6.31. The van der Waals surface area contributed by atoms with Crippen molar-refractivity contribution in [2.45, 2.75) is 45.1 Å². The lowest BCUT2D eigenvalue weighted by atomic mass is 9.92. The Hall–Kier alpha value is -0.790. The van der Waals surface area contributed by atoms with Crippen LogP contribution in [0, 0.1) is 6.92 Å². The maximum Gasteiger partial charge on any atom is 0.0536 e. The molecule has 1 nitrogen and oxygen atoms in total. The van der Waals surface area contributed by atoms with Crippen LogP contribution < -0.4 is 5.32 Å². The van der Waals surface area contributed by atoms with Gasteiger partial charge in [0.15, 0.2) is 0 Å². The van der Waals surface area contributed by atoms with Crippen molar-refractivity contribution in [2.24, 2.45) is 0 Å². The minimum atomic E-state index is 0.321. The Balaban J connectivity index is 2.32. The zero-order valence-electron chi connectivity index (χ0n) is 11.3. The van der Waals surface area contributed by atoms with E-state index in [1.165, 1.54) is 48.8 Å². The minimum Gasteiger partial charge on any atom is -0.310 e. The fraction of sp³-hybridized carbons (Fsp3) is 0.500. The Morgan fingerprint density at radius 2 is 2.06 bits per heavy atom. The van der Waals surface area contributed by atoms with Crippen LogP contribution >= 0.6 is 11.6 Å². The second-order valence-electron chi connectivity index (χ2n) is 5.05. The number of rotatable bonds is 3. The van der Waals surface area contributed by atoms with E-state index >= 15 is 0 Å². The average Bonchev–Trinajstić information content (AvgIpc) is 2.64. The van der Waals surface area contributed by atoms with E-state index in [1.807, 2.05) is 19.2 Å².